The third-order valence-corrected chi connectivity index (χ3v) is 3.17. The molecule has 0 aromatic heterocycles. The van der Waals surface area contributed by atoms with E-state index in [0.29, 0.717) is 17.9 Å². The maximum Gasteiger partial charge on any atom is 0.337 e. The highest BCUT2D eigenvalue weighted by atomic mass is 16.5. The number of amides is 1. The molecule has 0 unspecified atom stereocenters. The van der Waals surface area contributed by atoms with E-state index in [0.717, 1.165) is 11.3 Å². The van der Waals surface area contributed by atoms with E-state index in [2.05, 4.69) is 10.1 Å². The fraction of sp³-hybridized carbons (Fsp3) is 0.222. The van der Waals surface area contributed by atoms with Gasteiger partial charge in [-0.25, -0.2) is 4.79 Å². The lowest BCUT2D eigenvalue weighted by Gasteiger charge is -2.08. The molecule has 0 spiro atoms. The first-order valence-electron chi connectivity index (χ1n) is 7.32. The van der Waals surface area contributed by atoms with Crippen LogP contribution in [-0.2, 0) is 16.0 Å². The molecule has 0 aliphatic heterocycles. The summed E-state index contributed by atoms with van der Waals surface area (Å²) in [5.41, 5.74) is 1.84. The molecule has 0 radical (unpaired) electrons. The highest BCUT2D eigenvalue weighted by Gasteiger charge is 2.08. The summed E-state index contributed by atoms with van der Waals surface area (Å²) in [5.74, 6) is 0.186. The Morgan fingerprint density at radius 3 is 2.48 bits per heavy atom. The summed E-state index contributed by atoms with van der Waals surface area (Å²) in [6.07, 6.45) is 0.245. The fourth-order valence-electron chi connectivity index (χ4n) is 2.10. The van der Waals surface area contributed by atoms with Crippen molar-refractivity contribution >= 4 is 17.6 Å². The molecule has 0 aliphatic carbocycles. The summed E-state index contributed by atoms with van der Waals surface area (Å²) in [7, 11) is 1.32. The first-order chi connectivity index (χ1) is 11.1. The average molecular weight is 313 g/mol. The molecule has 0 fully saturated rings. The zero-order valence-electron chi connectivity index (χ0n) is 13.2. The summed E-state index contributed by atoms with van der Waals surface area (Å²) >= 11 is 0. The first kappa shape index (κ1) is 16.5. The maximum atomic E-state index is 12.1. The van der Waals surface area contributed by atoms with E-state index < -0.39 is 5.97 Å². The van der Waals surface area contributed by atoms with Crippen molar-refractivity contribution in [3.8, 4) is 5.75 Å². The van der Waals surface area contributed by atoms with E-state index in [4.69, 9.17) is 4.74 Å². The highest BCUT2D eigenvalue weighted by Crippen LogP contribution is 2.14. The van der Waals surface area contributed by atoms with Gasteiger partial charge in [-0.3, -0.25) is 4.79 Å². The standard InChI is InChI=1S/C18H19NO4/c1-3-23-16-9-7-13(8-10-16)11-17(20)19-15-6-4-5-14(12-15)18(21)22-2/h4-10,12H,3,11H2,1-2H3,(H,19,20). The number of carbonyl (C=O) groups is 2. The molecule has 2 aromatic carbocycles. The second kappa shape index (κ2) is 7.98. The molecule has 5 heteroatoms. The molecule has 0 atom stereocenters. The molecule has 0 saturated heterocycles. The van der Waals surface area contributed by atoms with Crippen LogP contribution in [0.1, 0.15) is 22.8 Å². The molecule has 1 N–H and O–H groups in total. The number of rotatable bonds is 6. The lowest BCUT2D eigenvalue weighted by Crippen LogP contribution is -2.14. The van der Waals surface area contributed by atoms with Crippen molar-refractivity contribution in [2.75, 3.05) is 19.0 Å². The molecule has 2 rings (SSSR count). The van der Waals surface area contributed by atoms with Crippen molar-refractivity contribution < 1.29 is 19.1 Å². The van der Waals surface area contributed by atoms with Crippen molar-refractivity contribution in [3.63, 3.8) is 0 Å². The van der Waals surface area contributed by atoms with Crippen LogP contribution in [0, 0.1) is 0 Å². The van der Waals surface area contributed by atoms with Gasteiger partial charge in [-0.05, 0) is 42.8 Å². The quantitative estimate of drug-likeness (QED) is 0.833. The molecule has 0 aliphatic rings. The number of benzene rings is 2. The highest BCUT2D eigenvalue weighted by molar-refractivity contribution is 5.95. The first-order valence-corrected chi connectivity index (χ1v) is 7.32. The number of nitrogens with one attached hydrogen (secondary N) is 1. The second-order valence-electron chi connectivity index (χ2n) is 4.87. The number of hydrogen-bond acceptors (Lipinski definition) is 4. The molecule has 5 nitrogen and oxygen atoms in total. The summed E-state index contributed by atoms with van der Waals surface area (Å²) in [6, 6.07) is 14.0. The van der Waals surface area contributed by atoms with Crippen LogP contribution in [0.2, 0.25) is 0 Å². The van der Waals surface area contributed by atoms with Crippen molar-refractivity contribution in [2.24, 2.45) is 0 Å². The number of carbonyl (C=O) groups excluding carboxylic acids is 2. The van der Waals surface area contributed by atoms with E-state index in [1.165, 1.54) is 7.11 Å². The van der Waals surface area contributed by atoms with Gasteiger partial charge in [-0.15, -0.1) is 0 Å². The van der Waals surface area contributed by atoms with Gasteiger partial charge < -0.3 is 14.8 Å². The second-order valence-corrected chi connectivity index (χ2v) is 4.87. The van der Waals surface area contributed by atoms with Crippen LogP contribution in [0.25, 0.3) is 0 Å². The molecule has 2 aromatic rings. The number of esters is 1. The van der Waals surface area contributed by atoms with E-state index in [9.17, 15) is 9.59 Å². The summed E-state index contributed by atoms with van der Waals surface area (Å²) < 4.78 is 10.0. The zero-order valence-corrected chi connectivity index (χ0v) is 13.2. The van der Waals surface area contributed by atoms with E-state index >= 15 is 0 Å². The maximum absolute atomic E-state index is 12.1. The van der Waals surface area contributed by atoms with Crippen molar-refractivity contribution in [1.82, 2.24) is 0 Å². The van der Waals surface area contributed by atoms with E-state index in [1.807, 2.05) is 31.2 Å². The summed E-state index contributed by atoms with van der Waals surface area (Å²) in [6.45, 7) is 2.53. The van der Waals surface area contributed by atoms with Crippen LogP contribution in [0.3, 0.4) is 0 Å². The SMILES string of the molecule is CCOc1ccc(CC(=O)Nc2cccc(C(=O)OC)c2)cc1. The Kier molecular flexibility index (Phi) is 5.74. The lowest BCUT2D eigenvalue weighted by atomic mass is 10.1. The van der Waals surface area contributed by atoms with Crippen molar-refractivity contribution in [1.29, 1.82) is 0 Å². The minimum absolute atomic E-state index is 0.156. The number of anilines is 1. The normalized spacial score (nSPS) is 10.0. The summed E-state index contributed by atoms with van der Waals surface area (Å²) in [4.78, 5) is 23.6. The predicted molar refractivity (Wildman–Crippen MR) is 87.7 cm³/mol. The molecule has 1 amide bonds. The van der Waals surface area contributed by atoms with Gasteiger partial charge >= 0.3 is 5.97 Å². The Morgan fingerprint density at radius 1 is 1.09 bits per heavy atom. The third kappa shape index (κ3) is 4.85. The Bertz CT molecular complexity index is 680. The summed E-state index contributed by atoms with van der Waals surface area (Å²) in [5, 5.41) is 2.77. The molecule has 120 valence electrons. The molecule has 0 bridgehead atoms. The van der Waals surface area contributed by atoms with Crippen molar-refractivity contribution in [2.45, 2.75) is 13.3 Å². The number of ether oxygens (including phenoxy) is 2. The monoisotopic (exact) mass is 313 g/mol. The third-order valence-electron chi connectivity index (χ3n) is 3.17. The van der Waals surface area contributed by atoms with Crippen LogP contribution < -0.4 is 10.1 Å². The minimum atomic E-state index is -0.437. The Labute approximate surface area is 135 Å². The van der Waals surface area contributed by atoms with Gasteiger partial charge in [0.25, 0.3) is 0 Å². The van der Waals surface area contributed by atoms with Gasteiger partial charge in [0.1, 0.15) is 5.75 Å². The molecular formula is C18H19NO4. The van der Waals surface area contributed by atoms with Gasteiger partial charge in [-0.2, -0.15) is 0 Å². The molecule has 0 saturated carbocycles. The predicted octanol–water partition coefficient (Wildman–Crippen LogP) is 3.05. The largest absolute Gasteiger partial charge is 0.494 e. The number of methoxy groups -OCH3 is 1. The van der Waals surface area contributed by atoms with Gasteiger partial charge in [-0.1, -0.05) is 18.2 Å². The molecule has 23 heavy (non-hydrogen) atoms. The Balaban J connectivity index is 1.98. The lowest BCUT2D eigenvalue weighted by molar-refractivity contribution is -0.115. The zero-order chi connectivity index (χ0) is 16.7. The fourth-order valence-corrected chi connectivity index (χ4v) is 2.10. The van der Waals surface area contributed by atoms with Crippen LogP contribution in [0.15, 0.2) is 48.5 Å². The molecule has 0 heterocycles. The van der Waals surface area contributed by atoms with Crippen LogP contribution >= 0.6 is 0 Å². The Hall–Kier alpha value is -2.82. The van der Waals surface area contributed by atoms with E-state index in [1.54, 1.807) is 24.3 Å². The van der Waals surface area contributed by atoms with Gasteiger partial charge in [0.2, 0.25) is 5.91 Å². The van der Waals surface area contributed by atoms with Crippen LogP contribution in [0.5, 0.6) is 5.75 Å². The van der Waals surface area contributed by atoms with Crippen LogP contribution in [-0.4, -0.2) is 25.6 Å². The van der Waals surface area contributed by atoms with Gasteiger partial charge in [0, 0.05) is 5.69 Å². The topological polar surface area (TPSA) is 64.6 Å². The van der Waals surface area contributed by atoms with Crippen LogP contribution in [0.4, 0.5) is 5.69 Å². The number of hydrogen-bond donors (Lipinski definition) is 1. The Morgan fingerprint density at radius 2 is 1.83 bits per heavy atom. The van der Waals surface area contributed by atoms with Gasteiger partial charge in [0.15, 0.2) is 0 Å². The van der Waals surface area contributed by atoms with E-state index in [-0.39, 0.29) is 12.3 Å². The van der Waals surface area contributed by atoms with Gasteiger partial charge in [0.05, 0.1) is 25.7 Å². The van der Waals surface area contributed by atoms with Crippen molar-refractivity contribution in [3.05, 3.63) is 59.7 Å². The average Bonchev–Trinajstić information content (AvgIpc) is 2.56. The molecular weight excluding hydrogens is 294 g/mol. The minimum Gasteiger partial charge on any atom is -0.494 e. The smallest absolute Gasteiger partial charge is 0.337 e.